The van der Waals surface area contributed by atoms with Crippen LogP contribution < -0.4 is 9.62 Å². The summed E-state index contributed by atoms with van der Waals surface area (Å²) in [6.07, 6.45) is 0.239. The Labute approximate surface area is 265 Å². The van der Waals surface area contributed by atoms with Crippen LogP contribution in [-0.2, 0) is 32.6 Å². The first-order valence-corrected chi connectivity index (χ1v) is 16.2. The van der Waals surface area contributed by atoms with Gasteiger partial charge < -0.3 is 10.2 Å². The van der Waals surface area contributed by atoms with Crippen LogP contribution in [0.2, 0.25) is 5.02 Å². The number of aryl methyl sites for hydroxylation is 1. The molecule has 0 fully saturated rings. The number of amides is 2. The van der Waals surface area contributed by atoms with Crippen LogP contribution in [0.25, 0.3) is 0 Å². The molecule has 44 heavy (non-hydrogen) atoms. The van der Waals surface area contributed by atoms with Crippen LogP contribution in [0.3, 0.4) is 0 Å². The Kier molecular flexibility index (Phi) is 10.5. The Balaban J connectivity index is 1.83. The van der Waals surface area contributed by atoms with Crippen LogP contribution in [0.15, 0.2) is 114 Å². The first-order chi connectivity index (χ1) is 20.8. The number of rotatable bonds is 11. The lowest BCUT2D eigenvalue weighted by Gasteiger charge is -2.35. The number of hydrogen-bond acceptors (Lipinski definition) is 4. The summed E-state index contributed by atoms with van der Waals surface area (Å²) in [4.78, 5) is 30.0. The zero-order valence-corrected chi connectivity index (χ0v) is 27.0. The second-order valence-corrected chi connectivity index (χ2v) is 14.0. The molecule has 0 aliphatic heterocycles. The number of benzene rings is 4. The predicted molar refractivity (Wildman–Crippen MR) is 176 cm³/mol. The Hall–Kier alpha value is -4.14. The SMILES string of the molecule is Cc1ccc(Cl)cc1N(CC(=O)N(Cc1ccccc1)C(Cc1ccccc1)C(=O)NC(C)(C)C)S(=O)(=O)c1ccccc1. The first kappa shape index (κ1) is 32.8. The van der Waals surface area contributed by atoms with Crippen molar-refractivity contribution in [3.63, 3.8) is 0 Å². The molecule has 230 valence electrons. The summed E-state index contributed by atoms with van der Waals surface area (Å²) in [6, 6.07) is 30.8. The molecule has 0 aliphatic rings. The van der Waals surface area contributed by atoms with Gasteiger partial charge in [0.15, 0.2) is 0 Å². The third kappa shape index (κ3) is 8.49. The largest absolute Gasteiger partial charge is 0.350 e. The molecule has 0 saturated heterocycles. The van der Waals surface area contributed by atoms with E-state index in [-0.39, 0.29) is 29.5 Å². The maximum Gasteiger partial charge on any atom is 0.264 e. The molecule has 9 heteroatoms. The van der Waals surface area contributed by atoms with Crippen LogP contribution in [0, 0.1) is 6.92 Å². The number of nitrogens with one attached hydrogen (secondary N) is 1. The van der Waals surface area contributed by atoms with Crippen molar-refractivity contribution in [3.05, 3.63) is 131 Å². The van der Waals surface area contributed by atoms with Crippen molar-refractivity contribution in [1.82, 2.24) is 10.2 Å². The fourth-order valence-corrected chi connectivity index (χ4v) is 6.53. The highest BCUT2D eigenvalue weighted by molar-refractivity contribution is 7.92. The molecular weight excluding hydrogens is 594 g/mol. The van der Waals surface area contributed by atoms with E-state index in [1.165, 1.54) is 17.0 Å². The maximum absolute atomic E-state index is 14.5. The Morgan fingerprint density at radius 2 is 1.36 bits per heavy atom. The Morgan fingerprint density at radius 3 is 1.93 bits per heavy atom. The number of nitrogens with zero attached hydrogens (tertiary/aromatic N) is 2. The minimum absolute atomic E-state index is 0.0353. The van der Waals surface area contributed by atoms with E-state index in [1.807, 2.05) is 81.4 Å². The number of anilines is 1. The highest BCUT2D eigenvalue weighted by Crippen LogP contribution is 2.30. The number of carbonyl (C=O) groups excluding carboxylic acids is 2. The molecule has 7 nitrogen and oxygen atoms in total. The topological polar surface area (TPSA) is 86.8 Å². The van der Waals surface area contributed by atoms with Crippen molar-refractivity contribution in [2.24, 2.45) is 0 Å². The van der Waals surface area contributed by atoms with Gasteiger partial charge in [-0.2, -0.15) is 0 Å². The van der Waals surface area contributed by atoms with Gasteiger partial charge in [-0.1, -0.05) is 96.5 Å². The predicted octanol–water partition coefficient (Wildman–Crippen LogP) is 6.40. The summed E-state index contributed by atoms with van der Waals surface area (Å²) in [6.45, 7) is 6.96. The summed E-state index contributed by atoms with van der Waals surface area (Å²) >= 11 is 6.34. The second kappa shape index (κ2) is 14.1. The molecule has 0 saturated carbocycles. The lowest BCUT2D eigenvalue weighted by Crippen LogP contribution is -2.56. The molecule has 0 bridgehead atoms. The van der Waals surface area contributed by atoms with Gasteiger partial charge in [0, 0.05) is 23.5 Å². The third-order valence-corrected chi connectivity index (χ3v) is 9.02. The van der Waals surface area contributed by atoms with E-state index in [0.29, 0.717) is 10.6 Å². The van der Waals surface area contributed by atoms with E-state index in [1.54, 1.807) is 43.3 Å². The lowest BCUT2D eigenvalue weighted by molar-refractivity contribution is -0.140. The fourth-order valence-electron chi connectivity index (χ4n) is 4.87. The van der Waals surface area contributed by atoms with E-state index < -0.39 is 34.1 Å². The van der Waals surface area contributed by atoms with Gasteiger partial charge in [-0.15, -0.1) is 0 Å². The molecule has 0 radical (unpaired) electrons. The average Bonchev–Trinajstić information content (AvgIpc) is 2.99. The number of sulfonamides is 1. The third-order valence-electron chi connectivity index (χ3n) is 7.01. The van der Waals surface area contributed by atoms with E-state index in [2.05, 4.69) is 5.32 Å². The van der Waals surface area contributed by atoms with Crippen LogP contribution in [0.1, 0.15) is 37.5 Å². The number of carbonyl (C=O) groups is 2. The molecule has 1 unspecified atom stereocenters. The van der Waals surface area contributed by atoms with E-state index in [0.717, 1.165) is 15.4 Å². The standard InChI is InChI=1S/C35H38ClN3O4S/c1-26-20-21-29(36)23-31(26)39(44(42,43)30-18-12-7-13-19-30)25-33(40)38(24-28-16-10-6-11-17-28)32(34(41)37-35(2,3)4)22-27-14-8-5-9-15-27/h5-21,23,32H,22,24-25H2,1-4H3,(H,37,41). The van der Waals surface area contributed by atoms with Crippen LogP contribution in [0.4, 0.5) is 5.69 Å². The first-order valence-electron chi connectivity index (χ1n) is 14.4. The normalized spacial score (nSPS) is 12.3. The molecule has 4 aromatic rings. The summed E-state index contributed by atoms with van der Waals surface area (Å²) in [5.41, 5.74) is 2.02. The quantitative estimate of drug-likeness (QED) is 0.208. The van der Waals surface area contributed by atoms with Gasteiger partial charge in [0.25, 0.3) is 10.0 Å². The minimum atomic E-state index is -4.20. The van der Waals surface area contributed by atoms with Gasteiger partial charge in [0.05, 0.1) is 10.6 Å². The van der Waals surface area contributed by atoms with E-state index in [4.69, 9.17) is 11.6 Å². The summed E-state index contributed by atoms with van der Waals surface area (Å²) in [7, 11) is -4.20. The zero-order valence-electron chi connectivity index (χ0n) is 25.4. The molecule has 4 rings (SSSR count). The van der Waals surface area contributed by atoms with Gasteiger partial charge in [-0.25, -0.2) is 8.42 Å². The number of halogens is 1. The van der Waals surface area contributed by atoms with Gasteiger partial charge in [0.1, 0.15) is 12.6 Å². The van der Waals surface area contributed by atoms with E-state index >= 15 is 0 Å². The molecule has 2 amide bonds. The molecular formula is C35H38ClN3O4S. The minimum Gasteiger partial charge on any atom is -0.350 e. The van der Waals surface area contributed by atoms with Crippen molar-refractivity contribution in [2.75, 3.05) is 10.8 Å². The summed E-state index contributed by atoms with van der Waals surface area (Å²) in [5.74, 6) is -0.861. The fraction of sp³-hybridized carbons (Fsp3) is 0.257. The molecule has 0 spiro atoms. The Morgan fingerprint density at radius 1 is 0.818 bits per heavy atom. The lowest BCUT2D eigenvalue weighted by atomic mass is 10.0. The number of hydrogen-bond donors (Lipinski definition) is 1. The van der Waals surface area contributed by atoms with Gasteiger partial charge in [-0.05, 0) is 68.7 Å². The molecule has 0 heterocycles. The highest BCUT2D eigenvalue weighted by Gasteiger charge is 2.36. The smallest absolute Gasteiger partial charge is 0.264 e. The average molecular weight is 632 g/mol. The second-order valence-electron chi connectivity index (χ2n) is 11.7. The molecule has 0 aromatic heterocycles. The van der Waals surface area contributed by atoms with Crippen LogP contribution in [0.5, 0.6) is 0 Å². The monoisotopic (exact) mass is 631 g/mol. The summed E-state index contributed by atoms with van der Waals surface area (Å²) in [5, 5.41) is 3.37. The van der Waals surface area contributed by atoms with Crippen molar-refractivity contribution in [1.29, 1.82) is 0 Å². The molecule has 0 aliphatic carbocycles. The van der Waals surface area contributed by atoms with Crippen molar-refractivity contribution < 1.29 is 18.0 Å². The van der Waals surface area contributed by atoms with Gasteiger partial charge in [0.2, 0.25) is 11.8 Å². The molecule has 4 aromatic carbocycles. The zero-order chi connectivity index (χ0) is 31.9. The summed E-state index contributed by atoms with van der Waals surface area (Å²) < 4.78 is 29.3. The Bertz CT molecular complexity index is 1680. The van der Waals surface area contributed by atoms with E-state index in [9.17, 15) is 18.0 Å². The maximum atomic E-state index is 14.5. The van der Waals surface area contributed by atoms with Crippen molar-refractivity contribution in [2.45, 2.75) is 57.1 Å². The van der Waals surface area contributed by atoms with Crippen molar-refractivity contribution >= 4 is 39.1 Å². The molecule has 1 N–H and O–H groups in total. The van der Waals surface area contributed by atoms with Crippen LogP contribution >= 0.6 is 11.6 Å². The van der Waals surface area contributed by atoms with Crippen molar-refractivity contribution in [3.8, 4) is 0 Å². The highest BCUT2D eigenvalue weighted by atomic mass is 35.5. The molecule has 1 atom stereocenters. The van der Waals surface area contributed by atoms with Crippen LogP contribution in [-0.4, -0.2) is 43.3 Å². The van der Waals surface area contributed by atoms with Gasteiger partial charge in [-0.3, -0.25) is 13.9 Å². The van der Waals surface area contributed by atoms with Gasteiger partial charge >= 0.3 is 0 Å².